The molecule has 4 rings (SSSR count). The van der Waals surface area contributed by atoms with Crippen molar-refractivity contribution in [3.63, 3.8) is 0 Å². The Hall–Kier alpha value is -2.67. The lowest BCUT2D eigenvalue weighted by atomic mass is 10.1. The van der Waals surface area contributed by atoms with Crippen LogP contribution in [0.4, 0.5) is 8.78 Å². The molecule has 0 bridgehead atoms. The zero-order valence-corrected chi connectivity index (χ0v) is 19.1. The van der Waals surface area contributed by atoms with Crippen molar-refractivity contribution in [2.45, 2.75) is 23.6 Å². The summed E-state index contributed by atoms with van der Waals surface area (Å²) in [5.74, 6) is -1.69. The molecule has 0 saturated carbocycles. The zero-order valence-electron chi connectivity index (χ0n) is 17.4. The van der Waals surface area contributed by atoms with Crippen LogP contribution in [0.1, 0.15) is 17.2 Å². The van der Waals surface area contributed by atoms with Crippen molar-refractivity contribution in [2.75, 3.05) is 26.3 Å². The minimum atomic E-state index is -3.57. The fourth-order valence-electron chi connectivity index (χ4n) is 3.28. The third-order valence-corrected chi connectivity index (χ3v) is 8.44. The highest BCUT2D eigenvalue weighted by Gasteiger charge is 2.27. The summed E-state index contributed by atoms with van der Waals surface area (Å²) in [5, 5.41) is 2.72. The number of oxazole rings is 1. The molecule has 0 aliphatic carbocycles. The van der Waals surface area contributed by atoms with E-state index in [1.165, 1.54) is 22.6 Å². The number of halogens is 2. The highest BCUT2D eigenvalue weighted by atomic mass is 32.2. The SMILES string of the molecule is O=C(CCc1ncc(-c2c(F)cccc2F)o1)NCc1ccc(S(=O)(=O)N2CCOCC2)s1. The van der Waals surface area contributed by atoms with Gasteiger partial charge in [-0.2, -0.15) is 4.31 Å². The first-order chi connectivity index (χ1) is 15.8. The van der Waals surface area contributed by atoms with Gasteiger partial charge in [0.1, 0.15) is 15.8 Å². The van der Waals surface area contributed by atoms with Crippen LogP contribution in [0.5, 0.6) is 0 Å². The number of benzene rings is 1. The fraction of sp³-hybridized carbons (Fsp3) is 0.333. The van der Waals surface area contributed by atoms with Crippen LogP contribution in [-0.4, -0.2) is 49.9 Å². The van der Waals surface area contributed by atoms with Crippen molar-refractivity contribution in [3.8, 4) is 11.3 Å². The molecule has 33 heavy (non-hydrogen) atoms. The van der Waals surface area contributed by atoms with Crippen molar-refractivity contribution in [1.82, 2.24) is 14.6 Å². The van der Waals surface area contributed by atoms with E-state index in [1.54, 1.807) is 6.07 Å². The molecule has 0 radical (unpaired) electrons. The van der Waals surface area contributed by atoms with E-state index in [0.717, 1.165) is 23.5 Å². The molecule has 1 aromatic carbocycles. The molecule has 2 aromatic heterocycles. The Morgan fingerprint density at radius 1 is 1.15 bits per heavy atom. The van der Waals surface area contributed by atoms with E-state index >= 15 is 0 Å². The number of ether oxygens (including phenoxy) is 1. The predicted molar refractivity (Wildman–Crippen MR) is 116 cm³/mol. The molecule has 0 unspecified atom stereocenters. The van der Waals surface area contributed by atoms with Crippen LogP contribution in [0.3, 0.4) is 0 Å². The van der Waals surface area contributed by atoms with Crippen LogP contribution < -0.4 is 5.32 Å². The summed E-state index contributed by atoms with van der Waals surface area (Å²) in [6.07, 6.45) is 1.41. The van der Waals surface area contributed by atoms with Gasteiger partial charge in [-0.05, 0) is 24.3 Å². The molecule has 1 fully saturated rings. The number of hydrogen-bond acceptors (Lipinski definition) is 7. The number of morpholine rings is 1. The van der Waals surface area contributed by atoms with Crippen molar-refractivity contribution < 1.29 is 31.1 Å². The topological polar surface area (TPSA) is 102 Å². The van der Waals surface area contributed by atoms with Gasteiger partial charge in [-0.25, -0.2) is 22.2 Å². The summed E-state index contributed by atoms with van der Waals surface area (Å²) in [7, 11) is -3.57. The number of aryl methyl sites for hydroxylation is 1. The third-order valence-electron chi connectivity index (χ3n) is 4.99. The van der Waals surface area contributed by atoms with Crippen LogP contribution >= 0.6 is 11.3 Å². The Morgan fingerprint density at radius 3 is 2.61 bits per heavy atom. The first-order valence-corrected chi connectivity index (χ1v) is 12.4. The number of hydrogen-bond donors (Lipinski definition) is 1. The quantitative estimate of drug-likeness (QED) is 0.514. The van der Waals surface area contributed by atoms with Crippen molar-refractivity contribution in [1.29, 1.82) is 0 Å². The van der Waals surface area contributed by atoms with Crippen molar-refractivity contribution in [2.24, 2.45) is 0 Å². The molecular weight excluding hydrogens is 476 g/mol. The molecule has 0 atom stereocenters. The minimum Gasteiger partial charge on any atom is -0.441 e. The van der Waals surface area contributed by atoms with E-state index < -0.39 is 21.7 Å². The molecule has 1 amide bonds. The van der Waals surface area contributed by atoms with Gasteiger partial charge < -0.3 is 14.5 Å². The van der Waals surface area contributed by atoms with Crippen LogP contribution in [0.15, 0.2) is 45.2 Å². The highest BCUT2D eigenvalue weighted by Crippen LogP contribution is 2.27. The molecular formula is C21H21F2N3O5S2. The number of rotatable bonds is 8. The normalized spacial score (nSPS) is 15.0. The predicted octanol–water partition coefficient (Wildman–Crippen LogP) is 2.95. The number of sulfonamides is 1. The standard InChI is InChI=1S/C21H21F2N3O5S2/c22-15-2-1-3-16(23)21(15)17-13-25-19(31-17)6-5-18(27)24-12-14-4-7-20(32-14)33(28,29)26-8-10-30-11-9-26/h1-4,7,13H,5-6,8-12H2,(H,24,27). The van der Waals surface area contributed by atoms with Gasteiger partial charge in [-0.3, -0.25) is 4.79 Å². The van der Waals surface area contributed by atoms with Gasteiger partial charge in [0.2, 0.25) is 5.91 Å². The number of amides is 1. The molecule has 0 spiro atoms. The molecule has 12 heteroatoms. The van der Waals surface area contributed by atoms with E-state index in [1.807, 2.05) is 0 Å². The lowest BCUT2D eigenvalue weighted by molar-refractivity contribution is -0.121. The number of nitrogens with one attached hydrogen (secondary N) is 1. The highest BCUT2D eigenvalue weighted by molar-refractivity contribution is 7.91. The van der Waals surface area contributed by atoms with Crippen LogP contribution in [0, 0.1) is 11.6 Å². The Morgan fingerprint density at radius 2 is 1.88 bits per heavy atom. The van der Waals surface area contributed by atoms with Gasteiger partial charge in [0.05, 0.1) is 31.5 Å². The van der Waals surface area contributed by atoms with Crippen molar-refractivity contribution >= 4 is 27.3 Å². The monoisotopic (exact) mass is 497 g/mol. The average molecular weight is 498 g/mol. The molecule has 1 aliphatic heterocycles. The molecule has 3 aromatic rings. The summed E-state index contributed by atoms with van der Waals surface area (Å²) >= 11 is 1.11. The Labute approximate surface area is 193 Å². The summed E-state index contributed by atoms with van der Waals surface area (Å²) in [5.41, 5.74) is -0.304. The van der Waals surface area contributed by atoms with Gasteiger partial charge in [0.15, 0.2) is 11.7 Å². The molecule has 1 aliphatic rings. The first kappa shape index (κ1) is 23.5. The maximum atomic E-state index is 13.9. The third kappa shape index (κ3) is 5.46. The smallest absolute Gasteiger partial charge is 0.252 e. The number of thiophene rings is 1. The van der Waals surface area contributed by atoms with E-state index in [2.05, 4.69) is 10.3 Å². The second-order valence-corrected chi connectivity index (χ2v) is 10.6. The second kappa shape index (κ2) is 10.1. The molecule has 3 heterocycles. The van der Waals surface area contributed by atoms with Crippen LogP contribution in [-0.2, 0) is 32.5 Å². The lowest BCUT2D eigenvalue weighted by Crippen LogP contribution is -2.40. The molecule has 176 valence electrons. The van der Waals surface area contributed by atoms with Crippen LogP contribution in [0.2, 0.25) is 0 Å². The number of carbonyl (C=O) groups excluding carboxylic acids is 1. The lowest BCUT2D eigenvalue weighted by Gasteiger charge is -2.25. The van der Waals surface area contributed by atoms with E-state index in [0.29, 0.717) is 31.2 Å². The fourth-order valence-corrected chi connectivity index (χ4v) is 6.13. The second-order valence-electron chi connectivity index (χ2n) is 7.23. The summed E-state index contributed by atoms with van der Waals surface area (Å²) in [4.78, 5) is 16.9. The van der Waals surface area contributed by atoms with E-state index in [9.17, 15) is 22.0 Å². The maximum absolute atomic E-state index is 13.9. The first-order valence-electron chi connectivity index (χ1n) is 10.2. The zero-order chi connectivity index (χ0) is 23.4. The largest absolute Gasteiger partial charge is 0.441 e. The average Bonchev–Trinajstić information content (AvgIpc) is 3.47. The minimum absolute atomic E-state index is 0.0457. The molecule has 1 saturated heterocycles. The van der Waals surface area contributed by atoms with Gasteiger partial charge in [-0.1, -0.05) is 6.07 Å². The van der Waals surface area contributed by atoms with Gasteiger partial charge in [0, 0.05) is 30.8 Å². The van der Waals surface area contributed by atoms with Crippen molar-refractivity contribution in [3.05, 3.63) is 58.9 Å². The van der Waals surface area contributed by atoms with E-state index in [-0.39, 0.29) is 46.7 Å². The van der Waals surface area contributed by atoms with Gasteiger partial charge >= 0.3 is 0 Å². The number of aromatic nitrogens is 1. The maximum Gasteiger partial charge on any atom is 0.252 e. The van der Waals surface area contributed by atoms with E-state index in [4.69, 9.17) is 9.15 Å². The van der Waals surface area contributed by atoms with Gasteiger partial charge in [0.25, 0.3) is 10.0 Å². The summed E-state index contributed by atoms with van der Waals surface area (Å²) in [6, 6.07) is 6.70. The molecule has 8 nitrogen and oxygen atoms in total. The van der Waals surface area contributed by atoms with Gasteiger partial charge in [-0.15, -0.1) is 11.3 Å². The Balaban J connectivity index is 1.29. The Kier molecular flexibility index (Phi) is 7.17. The number of carbonyl (C=O) groups is 1. The number of nitrogens with zero attached hydrogens (tertiary/aromatic N) is 2. The summed E-state index contributed by atoms with van der Waals surface area (Å²) < 4.78 is 65.3. The molecule has 1 N–H and O–H groups in total. The summed E-state index contributed by atoms with van der Waals surface area (Å²) in [6.45, 7) is 1.56. The Bertz CT molecular complexity index is 1220. The van der Waals surface area contributed by atoms with Crippen LogP contribution in [0.25, 0.3) is 11.3 Å².